The third-order valence-corrected chi connectivity index (χ3v) is 3.72. The lowest BCUT2D eigenvalue weighted by atomic mass is 10.1. The molecule has 0 amide bonds. The van der Waals surface area contributed by atoms with E-state index in [1.165, 1.54) is 5.56 Å². The Morgan fingerprint density at radius 1 is 1.17 bits per heavy atom. The quantitative estimate of drug-likeness (QED) is 0.752. The molecule has 6 nitrogen and oxygen atoms in total. The van der Waals surface area contributed by atoms with Crippen LogP contribution >= 0.6 is 0 Å². The predicted molar refractivity (Wildman–Crippen MR) is 93.4 cm³/mol. The number of pyridine rings is 1. The van der Waals surface area contributed by atoms with Crippen molar-refractivity contribution in [3.63, 3.8) is 0 Å². The van der Waals surface area contributed by atoms with Crippen molar-refractivity contribution in [2.24, 2.45) is 0 Å². The van der Waals surface area contributed by atoms with Crippen molar-refractivity contribution in [1.82, 2.24) is 20.0 Å². The van der Waals surface area contributed by atoms with Crippen LogP contribution in [0.2, 0.25) is 0 Å². The van der Waals surface area contributed by atoms with Crippen molar-refractivity contribution >= 4 is 5.82 Å². The molecule has 1 aromatic carbocycles. The smallest absolute Gasteiger partial charge is 0.241 e. The van der Waals surface area contributed by atoms with Gasteiger partial charge in [0.25, 0.3) is 0 Å². The summed E-state index contributed by atoms with van der Waals surface area (Å²) in [6.45, 7) is 3.37. The Kier molecular flexibility index (Phi) is 4.86. The lowest BCUT2D eigenvalue weighted by Crippen LogP contribution is -2.18. The minimum atomic E-state index is 0.580. The highest BCUT2D eigenvalue weighted by Gasteiger charge is 2.12. The summed E-state index contributed by atoms with van der Waals surface area (Å²) in [6.07, 6.45) is 1.78. The minimum Gasteiger partial charge on any atom is -0.373 e. The van der Waals surface area contributed by atoms with Gasteiger partial charge in [-0.05, 0) is 26.1 Å². The number of hydrogen-bond donors (Lipinski definition) is 1. The molecule has 1 N–H and O–H groups in total. The Balaban J connectivity index is 1.68. The SMILES string of the molecule is CNc1ncccc1CN(C)Cc1nc(-c2cccc(C)c2)no1. The Morgan fingerprint density at radius 3 is 2.83 bits per heavy atom. The lowest BCUT2D eigenvalue weighted by Gasteiger charge is -2.16. The Bertz CT molecular complexity index is 814. The summed E-state index contributed by atoms with van der Waals surface area (Å²) < 4.78 is 5.39. The number of benzene rings is 1. The van der Waals surface area contributed by atoms with Gasteiger partial charge in [0.05, 0.1) is 6.54 Å². The van der Waals surface area contributed by atoms with Crippen LogP contribution in [0, 0.1) is 6.92 Å². The summed E-state index contributed by atoms with van der Waals surface area (Å²) in [6, 6.07) is 12.1. The molecule has 2 aromatic heterocycles. The summed E-state index contributed by atoms with van der Waals surface area (Å²) in [5.74, 6) is 2.11. The van der Waals surface area contributed by atoms with Crippen molar-refractivity contribution in [1.29, 1.82) is 0 Å². The van der Waals surface area contributed by atoms with E-state index in [0.29, 0.717) is 18.3 Å². The highest BCUT2D eigenvalue weighted by molar-refractivity contribution is 5.55. The van der Waals surface area contributed by atoms with Gasteiger partial charge in [-0.15, -0.1) is 0 Å². The van der Waals surface area contributed by atoms with Crippen LogP contribution in [0.15, 0.2) is 47.1 Å². The monoisotopic (exact) mass is 323 g/mol. The summed E-state index contributed by atoms with van der Waals surface area (Å²) in [7, 11) is 3.89. The van der Waals surface area contributed by atoms with Gasteiger partial charge in [-0.3, -0.25) is 4.90 Å². The van der Waals surface area contributed by atoms with Gasteiger partial charge >= 0.3 is 0 Å². The molecule has 3 aromatic rings. The molecule has 0 fully saturated rings. The second-order valence-corrected chi connectivity index (χ2v) is 5.81. The predicted octanol–water partition coefficient (Wildman–Crippen LogP) is 3.11. The van der Waals surface area contributed by atoms with Crippen LogP contribution in [-0.2, 0) is 13.1 Å². The van der Waals surface area contributed by atoms with Crippen LogP contribution in [0.4, 0.5) is 5.82 Å². The number of aryl methyl sites for hydroxylation is 1. The molecule has 0 aliphatic carbocycles. The van der Waals surface area contributed by atoms with Crippen molar-refractivity contribution in [3.8, 4) is 11.4 Å². The van der Waals surface area contributed by atoms with E-state index in [1.807, 2.05) is 51.4 Å². The van der Waals surface area contributed by atoms with Crippen LogP contribution < -0.4 is 5.32 Å². The molecule has 0 spiro atoms. The molecule has 0 unspecified atom stereocenters. The summed E-state index contributed by atoms with van der Waals surface area (Å²) in [5.41, 5.74) is 3.27. The summed E-state index contributed by atoms with van der Waals surface area (Å²) in [5, 5.41) is 7.19. The molecule has 24 heavy (non-hydrogen) atoms. The largest absolute Gasteiger partial charge is 0.373 e. The van der Waals surface area contributed by atoms with Crippen molar-refractivity contribution < 1.29 is 4.52 Å². The van der Waals surface area contributed by atoms with Crippen molar-refractivity contribution in [3.05, 3.63) is 59.6 Å². The van der Waals surface area contributed by atoms with Gasteiger partial charge in [0, 0.05) is 30.9 Å². The molecule has 6 heteroatoms. The third kappa shape index (κ3) is 3.78. The highest BCUT2D eigenvalue weighted by atomic mass is 16.5. The molecule has 0 bridgehead atoms. The first-order chi connectivity index (χ1) is 11.7. The van der Waals surface area contributed by atoms with Crippen LogP contribution in [0.25, 0.3) is 11.4 Å². The maximum absolute atomic E-state index is 5.39. The van der Waals surface area contributed by atoms with E-state index in [9.17, 15) is 0 Å². The van der Waals surface area contributed by atoms with Gasteiger partial charge in [-0.1, -0.05) is 35.0 Å². The van der Waals surface area contributed by atoms with Crippen LogP contribution in [-0.4, -0.2) is 34.1 Å². The number of aromatic nitrogens is 3. The number of nitrogens with one attached hydrogen (secondary N) is 1. The third-order valence-electron chi connectivity index (χ3n) is 3.72. The van der Waals surface area contributed by atoms with Gasteiger partial charge in [0.15, 0.2) is 0 Å². The number of hydrogen-bond acceptors (Lipinski definition) is 6. The van der Waals surface area contributed by atoms with Gasteiger partial charge in [0.1, 0.15) is 5.82 Å². The fraction of sp³-hybridized carbons (Fsp3) is 0.278. The second kappa shape index (κ2) is 7.23. The van der Waals surface area contributed by atoms with Gasteiger partial charge < -0.3 is 9.84 Å². The normalized spacial score (nSPS) is 11.0. The molecule has 2 heterocycles. The summed E-state index contributed by atoms with van der Waals surface area (Å²) >= 11 is 0. The maximum Gasteiger partial charge on any atom is 0.241 e. The molecule has 0 saturated heterocycles. The Labute approximate surface area is 141 Å². The minimum absolute atomic E-state index is 0.580. The number of rotatable bonds is 6. The highest BCUT2D eigenvalue weighted by Crippen LogP contribution is 2.18. The first-order valence-electron chi connectivity index (χ1n) is 7.85. The van der Waals surface area contributed by atoms with E-state index >= 15 is 0 Å². The molecule has 0 radical (unpaired) electrons. The molecule has 0 aliphatic rings. The molecule has 124 valence electrons. The second-order valence-electron chi connectivity index (χ2n) is 5.81. The van der Waals surface area contributed by atoms with Crippen molar-refractivity contribution in [2.45, 2.75) is 20.0 Å². The molecule has 0 aliphatic heterocycles. The average Bonchev–Trinajstić information content (AvgIpc) is 3.03. The van der Waals surface area contributed by atoms with E-state index < -0.39 is 0 Å². The zero-order chi connectivity index (χ0) is 16.9. The van der Waals surface area contributed by atoms with E-state index in [2.05, 4.69) is 31.4 Å². The standard InChI is InChI=1S/C18H21N5O/c1-13-6-4-7-14(10-13)18-21-16(24-22-18)12-23(3)11-15-8-5-9-20-17(15)19-2/h4-10H,11-12H2,1-3H3,(H,19,20). The van der Waals surface area contributed by atoms with Crippen LogP contribution in [0.3, 0.4) is 0 Å². The van der Waals surface area contributed by atoms with Crippen LogP contribution in [0.1, 0.15) is 17.0 Å². The van der Waals surface area contributed by atoms with Crippen LogP contribution in [0.5, 0.6) is 0 Å². The van der Waals surface area contributed by atoms with E-state index in [4.69, 9.17) is 4.52 Å². The maximum atomic E-state index is 5.39. The van der Waals surface area contributed by atoms with E-state index in [1.54, 1.807) is 6.20 Å². The average molecular weight is 323 g/mol. The molecule has 3 rings (SSSR count). The van der Waals surface area contributed by atoms with E-state index in [-0.39, 0.29) is 0 Å². The number of anilines is 1. The van der Waals surface area contributed by atoms with Gasteiger partial charge in [-0.2, -0.15) is 4.98 Å². The van der Waals surface area contributed by atoms with Gasteiger partial charge in [-0.25, -0.2) is 4.98 Å². The van der Waals surface area contributed by atoms with Gasteiger partial charge in [0.2, 0.25) is 11.7 Å². The first-order valence-corrected chi connectivity index (χ1v) is 7.85. The topological polar surface area (TPSA) is 67.1 Å². The zero-order valence-electron chi connectivity index (χ0n) is 14.2. The molecule has 0 atom stereocenters. The molecular formula is C18H21N5O. The first kappa shape index (κ1) is 16.1. The van der Waals surface area contributed by atoms with E-state index in [0.717, 1.165) is 23.5 Å². The zero-order valence-corrected chi connectivity index (χ0v) is 14.2. The lowest BCUT2D eigenvalue weighted by molar-refractivity contribution is 0.261. The number of nitrogens with zero attached hydrogens (tertiary/aromatic N) is 4. The fourth-order valence-electron chi connectivity index (χ4n) is 2.59. The Hall–Kier alpha value is -2.73. The summed E-state index contributed by atoms with van der Waals surface area (Å²) in [4.78, 5) is 10.9. The Morgan fingerprint density at radius 2 is 2.04 bits per heavy atom. The molecular weight excluding hydrogens is 302 g/mol. The molecule has 0 saturated carbocycles. The fourth-order valence-corrected chi connectivity index (χ4v) is 2.59. The van der Waals surface area contributed by atoms with Crippen molar-refractivity contribution in [2.75, 3.05) is 19.4 Å².